The molecule has 0 radical (unpaired) electrons. The van der Waals surface area contributed by atoms with Crippen LogP contribution in [0.1, 0.15) is 41.0 Å². The summed E-state index contributed by atoms with van der Waals surface area (Å²) in [4.78, 5) is 31.4. The number of benzene rings is 4. The molecule has 1 amide bonds. The Morgan fingerprint density at radius 3 is 2.41 bits per heavy atom. The van der Waals surface area contributed by atoms with Crippen molar-refractivity contribution in [3.63, 3.8) is 0 Å². The lowest BCUT2D eigenvalue weighted by atomic mass is 9.95. The Morgan fingerprint density at radius 1 is 0.963 bits per heavy atom. The van der Waals surface area contributed by atoms with Crippen molar-refractivity contribution in [2.75, 3.05) is 48.3 Å². The molecule has 0 spiro atoms. The summed E-state index contributed by atoms with van der Waals surface area (Å²) in [7, 11) is -4.01. The van der Waals surface area contributed by atoms with E-state index in [4.69, 9.17) is 4.42 Å². The molecule has 1 aliphatic heterocycles. The smallest absolute Gasteiger partial charge is 0.254 e. The Morgan fingerprint density at radius 2 is 1.72 bits per heavy atom. The zero-order valence-corrected chi connectivity index (χ0v) is 30.6. The number of sulfonamides is 1. The second-order valence-corrected chi connectivity index (χ2v) is 15.0. The summed E-state index contributed by atoms with van der Waals surface area (Å²) in [5.74, 6) is -0.178. The zero-order valence-electron chi connectivity index (χ0n) is 29.8. The van der Waals surface area contributed by atoms with Crippen molar-refractivity contribution in [2.24, 2.45) is 0 Å². The third kappa shape index (κ3) is 6.94. The van der Waals surface area contributed by atoms with Crippen LogP contribution >= 0.6 is 0 Å². The Balaban J connectivity index is 1.27. The van der Waals surface area contributed by atoms with Crippen molar-refractivity contribution in [3.05, 3.63) is 108 Å². The van der Waals surface area contributed by atoms with E-state index in [1.807, 2.05) is 42.2 Å². The molecule has 2 aromatic heterocycles. The highest BCUT2D eigenvalue weighted by molar-refractivity contribution is 7.92. The fraction of sp³-hybridized carbons (Fsp3) is 0.256. The topological polar surface area (TPSA) is 135 Å². The van der Waals surface area contributed by atoms with Gasteiger partial charge in [0.1, 0.15) is 23.8 Å². The fourth-order valence-electron chi connectivity index (χ4n) is 6.91. The normalized spacial score (nSPS) is 14.8. The van der Waals surface area contributed by atoms with Gasteiger partial charge in [-0.2, -0.15) is 4.68 Å². The Hall–Kier alpha value is -5.96. The van der Waals surface area contributed by atoms with Crippen LogP contribution < -0.4 is 9.21 Å². The van der Waals surface area contributed by atoms with Gasteiger partial charge in [-0.15, -0.1) is 0 Å². The van der Waals surface area contributed by atoms with Crippen molar-refractivity contribution >= 4 is 44.3 Å². The number of halogens is 2. The predicted molar refractivity (Wildman–Crippen MR) is 202 cm³/mol. The van der Waals surface area contributed by atoms with E-state index >= 15 is 0 Å². The van der Waals surface area contributed by atoms with Gasteiger partial charge in [-0.05, 0) is 77.5 Å². The molecule has 0 aliphatic carbocycles. The van der Waals surface area contributed by atoms with E-state index in [9.17, 15) is 26.8 Å². The minimum Gasteiger partial charge on any atom is -0.455 e. The van der Waals surface area contributed by atoms with Crippen LogP contribution in [0.5, 0.6) is 0 Å². The second kappa shape index (κ2) is 14.8. The molecule has 1 fully saturated rings. The number of furan rings is 1. The number of carbonyl (C=O) groups is 2. The lowest BCUT2D eigenvalue weighted by molar-refractivity contribution is 0.0673. The summed E-state index contributed by atoms with van der Waals surface area (Å²) in [6.07, 6.45) is 1.11. The second-order valence-electron chi connectivity index (χ2n) is 13.1. The van der Waals surface area contributed by atoms with Crippen molar-refractivity contribution in [3.8, 4) is 28.1 Å². The van der Waals surface area contributed by atoms with E-state index in [0.29, 0.717) is 53.2 Å². The number of hydrogen-bond acceptors (Lipinski definition) is 9. The number of nitrogens with zero attached hydrogens (tertiary/aromatic N) is 7. The average Bonchev–Trinajstić information content (AvgIpc) is 3.82. The number of fused-ring (bicyclic) bond motifs is 1. The molecule has 15 heteroatoms. The van der Waals surface area contributed by atoms with Crippen LogP contribution in [-0.2, 0) is 10.0 Å². The summed E-state index contributed by atoms with van der Waals surface area (Å²) in [6, 6.07) is 24.7. The number of amides is 1. The van der Waals surface area contributed by atoms with Crippen LogP contribution in [0, 0.1) is 5.82 Å². The third-order valence-corrected chi connectivity index (χ3v) is 10.7. The van der Waals surface area contributed by atoms with Gasteiger partial charge in [-0.25, -0.2) is 17.2 Å². The van der Waals surface area contributed by atoms with Crippen LogP contribution in [0.15, 0.2) is 95.4 Å². The van der Waals surface area contributed by atoms with Crippen LogP contribution in [0.2, 0.25) is 0 Å². The first kappa shape index (κ1) is 36.4. The largest absolute Gasteiger partial charge is 0.455 e. The molecule has 4 aromatic carbocycles. The Bertz CT molecular complexity index is 2450. The summed E-state index contributed by atoms with van der Waals surface area (Å²) in [6.45, 7) is 3.53. The van der Waals surface area contributed by atoms with Crippen LogP contribution in [0.25, 0.3) is 39.1 Å². The molecule has 1 aliphatic rings. The Kier molecular flexibility index (Phi) is 9.99. The van der Waals surface area contributed by atoms with E-state index in [2.05, 4.69) is 15.5 Å². The van der Waals surface area contributed by atoms with Gasteiger partial charge in [0.25, 0.3) is 11.9 Å². The molecule has 1 saturated heterocycles. The summed E-state index contributed by atoms with van der Waals surface area (Å²) in [5.41, 5.74) is 2.99. The molecular weight excluding hydrogens is 717 g/mol. The van der Waals surface area contributed by atoms with E-state index < -0.39 is 29.1 Å². The summed E-state index contributed by atoms with van der Waals surface area (Å²) < 4.78 is 62.8. The molecule has 54 heavy (non-hydrogen) atoms. The standard InChI is InChI=1S/C39H37F2N7O5S/c1-4-34(49)36-32-22-31(33(47(18-17-40)54(3,51)52)23-35(32)53-37(36)26-13-15-29(41)16-14-26)27-9-8-10-28(21-27)38(50)46-20-19-45(24-25(46)2)39-42-43-44-48(39)30-11-6-5-7-12-30/h5-16,21-23,25H,4,17-20,24H2,1-3H3/t25-/m0/s1. The molecule has 278 valence electrons. The van der Waals surface area contributed by atoms with E-state index in [1.165, 1.54) is 30.3 Å². The molecule has 6 aromatic rings. The number of aromatic nitrogens is 4. The van der Waals surface area contributed by atoms with Gasteiger partial charge >= 0.3 is 0 Å². The first-order valence-electron chi connectivity index (χ1n) is 17.4. The van der Waals surface area contributed by atoms with E-state index in [-0.39, 0.29) is 46.7 Å². The van der Waals surface area contributed by atoms with Gasteiger partial charge in [-0.1, -0.05) is 42.4 Å². The van der Waals surface area contributed by atoms with Crippen molar-refractivity contribution in [2.45, 2.75) is 26.3 Å². The number of Topliss-reactive ketones (excluding diaryl/α,β-unsaturated/α-hetero) is 1. The molecule has 0 N–H and O–H groups in total. The van der Waals surface area contributed by atoms with Gasteiger partial charge in [0.15, 0.2) is 5.78 Å². The zero-order chi connectivity index (χ0) is 38.1. The maximum Gasteiger partial charge on any atom is 0.254 e. The van der Waals surface area contributed by atoms with Gasteiger partial charge < -0.3 is 14.2 Å². The van der Waals surface area contributed by atoms with Crippen LogP contribution in [0.3, 0.4) is 0 Å². The SMILES string of the molecule is CCC(=O)c1c(-c2ccc(F)cc2)oc2cc(N(CCF)S(C)(=O)=O)c(-c3cccc(C(=O)N4CCN(c5nnnn5-c5ccccc5)C[C@@H]4C)c3)cc12. The number of alkyl halides is 1. The number of anilines is 2. The van der Waals surface area contributed by atoms with Crippen molar-refractivity contribution in [1.29, 1.82) is 0 Å². The minimum atomic E-state index is -4.01. The monoisotopic (exact) mass is 753 g/mol. The highest BCUT2D eigenvalue weighted by Crippen LogP contribution is 2.42. The molecule has 1 atom stereocenters. The predicted octanol–water partition coefficient (Wildman–Crippen LogP) is 6.56. The minimum absolute atomic E-state index is 0.111. The number of ketones is 1. The number of hydrogen-bond donors (Lipinski definition) is 0. The molecule has 7 rings (SSSR count). The lowest BCUT2D eigenvalue weighted by Crippen LogP contribution is -2.54. The van der Waals surface area contributed by atoms with Crippen molar-refractivity contribution in [1.82, 2.24) is 25.1 Å². The number of carbonyl (C=O) groups excluding carboxylic acids is 2. The molecule has 12 nitrogen and oxygen atoms in total. The highest BCUT2D eigenvalue weighted by atomic mass is 32.2. The fourth-order valence-corrected chi connectivity index (χ4v) is 7.82. The van der Waals surface area contributed by atoms with Crippen LogP contribution in [-0.4, -0.2) is 90.4 Å². The number of piperazine rings is 1. The molecule has 0 unspecified atom stereocenters. The number of para-hydroxylation sites is 1. The molecule has 0 bridgehead atoms. The summed E-state index contributed by atoms with van der Waals surface area (Å²) >= 11 is 0. The lowest BCUT2D eigenvalue weighted by Gasteiger charge is -2.40. The highest BCUT2D eigenvalue weighted by Gasteiger charge is 2.32. The first-order chi connectivity index (χ1) is 26.0. The summed E-state index contributed by atoms with van der Waals surface area (Å²) in [5, 5.41) is 12.7. The van der Waals surface area contributed by atoms with Gasteiger partial charge in [0, 0.05) is 60.2 Å². The van der Waals surface area contributed by atoms with Crippen molar-refractivity contribution < 1.29 is 31.2 Å². The Labute approximate surface area is 310 Å². The maximum atomic E-state index is 14.2. The van der Waals surface area contributed by atoms with E-state index in [1.54, 1.807) is 46.8 Å². The van der Waals surface area contributed by atoms with E-state index in [0.717, 1.165) is 16.2 Å². The number of rotatable bonds is 11. The van der Waals surface area contributed by atoms with Crippen LogP contribution in [0.4, 0.5) is 20.4 Å². The third-order valence-electron chi connectivity index (χ3n) is 9.51. The maximum absolute atomic E-state index is 14.2. The quantitative estimate of drug-likeness (QED) is 0.135. The van der Waals surface area contributed by atoms with Gasteiger partial charge in [0.05, 0.1) is 29.7 Å². The van der Waals surface area contributed by atoms with Gasteiger partial charge in [0.2, 0.25) is 10.0 Å². The number of tetrazole rings is 1. The average molecular weight is 754 g/mol. The molecule has 3 heterocycles. The first-order valence-corrected chi connectivity index (χ1v) is 19.3. The molecule has 0 saturated carbocycles. The molecular formula is C39H37F2N7O5S. The van der Waals surface area contributed by atoms with Gasteiger partial charge in [-0.3, -0.25) is 13.9 Å².